The minimum Gasteiger partial charge on any atom is -0.474 e. The van der Waals surface area contributed by atoms with E-state index in [0.717, 1.165) is 79.6 Å². The first-order valence-electron chi connectivity index (χ1n) is 15.3. The summed E-state index contributed by atoms with van der Waals surface area (Å²) in [5.74, 6) is 1.40. The molecule has 5 aliphatic rings. The average molecular weight is 549 g/mol. The SMILES string of the molecule is c1nn(C2CCOCC2)cc1Nc1nc(OC2CCC(N3CCC4(CC3)CC4)CC2)c2c3c(sc2n1)CCC3. The van der Waals surface area contributed by atoms with Gasteiger partial charge < -0.3 is 19.7 Å². The number of fused-ring (bicyclic) bond motifs is 3. The highest BCUT2D eigenvalue weighted by molar-refractivity contribution is 7.19. The second kappa shape index (κ2) is 10.00. The molecule has 0 radical (unpaired) electrons. The Morgan fingerprint density at radius 2 is 1.77 bits per heavy atom. The number of piperidine rings is 1. The molecular weight excluding hydrogens is 508 g/mol. The third kappa shape index (κ3) is 4.84. The van der Waals surface area contributed by atoms with Crippen molar-refractivity contribution in [2.45, 2.75) is 102 Å². The summed E-state index contributed by atoms with van der Waals surface area (Å²) in [6, 6.07) is 1.13. The lowest BCUT2D eigenvalue weighted by molar-refractivity contribution is 0.0612. The van der Waals surface area contributed by atoms with E-state index in [4.69, 9.17) is 19.4 Å². The number of hydrogen-bond acceptors (Lipinski definition) is 8. The summed E-state index contributed by atoms with van der Waals surface area (Å²) in [5, 5.41) is 9.24. The van der Waals surface area contributed by atoms with Gasteiger partial charge in [-0.05, 0) is 108 Å². The van der Waals surface area contributed by atoms with Crippen LogP contribution in [0.3, 0.4) is 0 Å². The van der Waals surface area contributed by atoms with Gasteiger partial charge in [0.1, 0.15) is 10.9 Å². The summed E-state index contributed by atoms with van der Waals surface area (Å²) in [4.78, 5) is 15.3. The number of hydrogen-bond donors (Lipinski definition) is 1. The highest BCUT2D eigenvalue weighted by Gasteiger charge is 2.45. The van der Waals surface area contributed by atoms with Gasteiger partial charge in [0.25, 0.3) is 0 Å². The summed E-state index contributed by atoms with van der Waals surface area (Å²) in [6.07, 6.45) is 20.2. The highest BCUT2D eigenvalue weighted by atomic mass is 32.1. The Morgan fingerprint density at radius 3 is 2.56 bits per heavy atom. The van der Waals surface area contributed by atoms with E-state index >= 15 is 0 Å². The quantitative estimate of drug-likeness (QED) is 0.403. The Balaban J connectivity index is 0.986. The monoisotopic (exact) mass is 548 g/mol. The van der Waals surface area contributed by atoms with Crippen molar-refractivity contribution in [2.24, 2.45) is 5.41 Å². The zero-order chi connectivity index (χ0) is 25.8. The number of thiophene rings is 1. The maximum Gasteiger partial charge on any atom is 0.232 e. The van der Waals surface area contributed by atoms with Crippen molar-refractivity contribution in [3.05, 3.63) is 22.8 Å². The molecule has 0 unspecified atom stereocenters. The highest BCUT2D eigenvalue weighted by Crippen LogP contribution is 2.54. The van der Waals surface area contributed by atoms with Crippen LogP contribution in [0.4, 0.5) is 11.6 Å². The van der Waals surface area contributed by atoms with Crippen LogP contribution in [0.5, 0.6) is 5.88 Å². The van der Waals surface area contributed by atoms with E-state index in [-0.39, 0.29) is 6.10 Å². The third-order valence-corrected chi connectivity index (χ3v) is 11.4. The number of aromatic nitrogens is 4. The lowest BCUT2D eigenvalue weighted by Crippen LogP contribution is -2.44. The standard InChI is InChI=1S/C30H40N6O2S/c1-2-24-25(3-1)39-28-26(24)27(33-29(34-28)32-20-18-31-36(19-20)22-8-16-37-17-9-22)38-23-6-4-21(5-7-23)35-14-12-30(10-11-30)13-15-35/h18-19,21-23H,1-17H2,(H,32,33,34). The van der Waals surface area contributed by atoms with E-state index in [1.807, 2.05) is 17.5 Å². The molecule has 1 N–H and O–H groups in total. The molecule has 2 aliphatic heterocycles. The molecule has 1 spiro atoms. The topological polar surface area (TPSA) is 77.3 Å². The van der Waals surface area contributed by atoms with Gasteiger partial charge in [0.2, 0.25) is 11.8 Å². The molecule has 8 nitrogen and oxygen atoms in total. The van der Waals surface area contributed by atoms with Gasteiger partial charge in [0.05, 0.1) is 23.3 Å². The normalized spacial score (nSPS) is 27.2. The molecule has 0 atom stereocenters. The van der Waals surface area contributed by atoms with Crippen molar-refractivity contribution in [3.8, 4) is 5.88 Å². The third-order valence-electron chi connectivity index (χ3n) is 10.2. The zero-order valence-electron chi connectivity index (χ0n) is 22.9. The molecule has 0 aromatic carbocycles. The lowest BCUT2D eigenvalue weighted by atomic mass is 9.87. The van der Waals surface area contributed by atoms with Crippen LogP contribution in [0, 0.1) is 5.41 Å². The van der Waals surface area contributed by atoms with Crippen molar-refractivity contribution >= 4 is 33.2 Å². The molecule has 39 heavy (non-hydrogen) atoms. The van der Waals surface area contributed by atoms with Gasteiger partial charge in [-0.25, -0.2) is 4.98 Å². The minimum absolute atomic E-state index is 0.236. The summed E-state index contributed by atoms with van der Waals surface area (Å²) in [5.41, 5.74) is 3.11. The van der Waals surface area contributed by atoms with Crippen molar-refractivity contribution in [3.63, 3.8) is 0 Å². The van der Waals surface area contributed by atoms with Crippen LogP contribution in [-0.4, -0.2) is 63.1 Å². The number of nitrogens with one attached hydrogen (secondary N) is 1. The van der Waals surface area contributed by atoms with Crippen LogP contribution in [0.1, 0.15) is 87.1 Å². The largest absolute Gasteiger partial charge is 0.474 e. The van der Waals surface area contributed by atoms with Gasteiger partial charge in [-0.15, -0.1) is 11.3 Å². The molecule has 2 saturated heterocycles. The molecular formula is C30H40N6O2S. The Hall–Kier alpha value is -2.23. The Labute approximate surface area is 234 Å². The van der Waals surface area contributed by atoms with Crippen molar-refractivity contribution in [1.29, 1.82) is 0 Å². The van der Waals surface area contributed by atoms with Crippen molar-refractivity contribution in [1.82, 2.24) is 24.6 Å². The molecule has 0 bridgehead atoms. The number of aryl methyl sites for hydroxylation is 2. The summed E-state index contributed by atoms with van der Waals surface area (Å²) < 4.78 is 14.4. The van der Waals surface area contributed by atoms with E-state index in [2.05, 4.69) is 26.2 Å². The summed E-state index contributed by atoms with van der Waals surface area (Å²) in [7, 11) is 0. The first-order valence-corrected chi connectivity index (χ1v) is 16.1. The number of likely N-dealkylation sites (tertiary alicyclic amines) is 1. The summed E-state index contributed by atoms with van der Waals surface area (Å²) >= 11 is 1.83. The number of nitrogens with zero attached hydrogens (tertiary/aromatic N) is 5. The minimum atomic E-state index is 0.236. The maximum atomic E-state index is 6.77. The Bertz CT molecular complexity index is 1320. The van der Waals surface area contributed by atoms with E-state index < -0.39 is 0 Å². The molecule has 3 aromatic heterocycles. The second-order valence-corrected chi connectivity index (χ2v) is 13.7. The van der Waals surface area contributed by atoms with E-state index in [0.29, 0.717) is 12.0 Å². The van der Waals surface area contributed by atoms with Gasteiger partial charge in [0, 0.05) is 30.3 Å². The molecule has 208 valence electrons. The van der Waals surface area contributed by atoms with Crippen LogP contribution in [-0.2, 0) is 17.6 Å². The molecule has 8 rings (SSSR count). The molecule has 4 fully saturated rings. The molecule has 0 amide bonds. The molecule has 3 aromatic rings. The van der Waals surface area contributed by atoms with Crippen molar-refractivity contribution < 1.29 is 9.47 Å². The predicted octanol–water partition coefficient (Wildman–Crippen LogP) is 6.04. The van der Waals surface area contributed by atoms with Crippen LogP contribution >= 0.6 is 11.3 Å². The van der Waals surface area contributed by atoms with Gasteiger partial charge >= 0.3 is 0 Å². The number of ether oxygens (including phenoxy) is 2. The molecule has 2 saturated carbocycles. The van der Waals surface area contributed by atoms with Gasteiger partial charge in [-0.3, -0.25) is 4.68 Å². The predicted molar refractivity (Wildman–Crippen MR) is 153 cm³/mol. The van der Waals surface area contributed by atoms with Gasteiger partial charge in [-0.2, -0.15) is 10.1 Å². The van der Waals surface area contributed by atoms with E-state index in [1.165, 1.54) is 73.9 Å². The fourth-order valence-corrected chi connectivity index (χ4v) is 8.76. The maximum absolute atomic E-state index is 6.77. The molecule has 5 heterocycles. The van der Waals surface area contributed by atoms with Gasteiger partial charge in [-0.1, -0.05) is 0 Å². The average Bonchev–Trinajstić information content (AvgIpc) is 3.28. The van der Waals surface area contributed by atoms with Crippen LogP contribution in [0.2, 0.25) is 0 Å². The van der Waals surface area contributed by atoms with E-state index in [1.54, 1.807) is 0 Å². The Kier molecular flexibility index (Phi) is 6.29. The van der Waals surface area contributed by atoms with Crippen LogP contribution in [0.25, 0.3) is 10.2 Å². The molecule has 3 aliphatic carbocycles. The fourth-order valence-electron chi connectivity index (χ4n) is 7.51. The molecule has 9 heteroatoms. The number of rotatable bonds is 6. The zero-order valence-corrected chi connectivity index (χ0v) is 23.7. The van der Waals surface area contributed by atoms with Crippen molar-refractivity contribution in [2.75, 3.05) is 31.6 Å². The van der Waals surface area contributed by atoms with Crippen LogP contribution < -0.4 is 10.1 Å². The fraction of sp³-hybridized carbons (Fsp3) is 0.700. The van der Waals surface area contributed by atoms with Gasteiger partial charge in [0.15, 0.2) is 0 Å². The second-order valence-electron chi connectivity index (χ2n) is 12.7. The van der Waals surface area contributed by atoms with E-state index in [9.17, 15) is 0 Å². The first kappa shape index (κ1) is 24.6. The van der Waals surface area contributed by atoms with Crippen LogP contribution in [0.15, 0.2) is 12.4 Å². The lowest BCUT2D eigenvalue weighted by Gasteiger charge is -2.41. The smallest absolute Gasteiger partial charge is 0.232 e. The first-order chi connectivity index (χ1) is 19.2. The summed E-state index contributed by atoms with van der Waals surface area (Å²) in [6.45, 7) is 4.22. The Morgan fingerprint density at radius 1 is 0.949 bits per heavy atom. The number of anilines is 2.